The van der Waals surface area contributed by atoms with Gasteiger partial charge in [0.05, 0.1) is 46.1 Å². The first kappa shape index (κ1) is 70.6. The van der Waals surface area contributed by atoms with Gasteiger partial charge in [0, 0.05) is 97.4 Å². The zero-order chi connectivity index (χ0) is 52.8. The van der Waals surface area contributed by atoms with Crippen LogP contribution in [0.1, 0.15) is 116 Å². The number of nitrogens with zero attached hydrogens (tertiary/aromatic N) is 1. The monoisotopic (exact) mass is 1180 g/mol. The molecule has 0 saturated heterocycles. The van der Waals surface area contributed by atoms with E-state index in [1.165, 1.54) is 11.9 Å². The molecule has 0 fully saturated rings. The Hall–Kier alpha value is -4.61. The molecule has 0 unspecified atom stereocenters. The summed E-state index contributed by atoms with van der Waals surface area (Å²) < 4.78 is 22.3. The first-order valence-corrected chi connectivity index (χ1v) is 24.1. The molecule has 0 spiro atoms. The SMILES string of the molecule is CNC(=O)CCCCCNC(=O)CN(CC(=O)CCCCCCC([NH-])=O)CC(=O)NCCCCCC([NH-])=O.CNC(=O)CCOCC(CCOCC(N)=O)(CCOCC(=O)NC)COCCC(=O)NC.[W+2]. The summed E-state index contributed by atoms with van der Waals surface area (Å²) in [5, 5.41) is 15.7. The topological polar surface area (TPSA) is 357 Å². The molecule has 408 valence electrons. The Labute approximate surface area is 434 Å². The maximum Gasteiger partial charge on any atom is 2.00 e. The number of Topliss-reactive ketones (excluding diaryl/α,β-unsaturated/α-hetero) is 1. The Bertz CT molecular complexity index is 1450. The molecule has 0 radical (unpaired) electrons. The summed E-state index contributed by atoms with van der Waals surface area (Å²) in [6.45, 7) is 1.70. The van der Waals surface area contributed by atoms with Crippen LogP contribution in [0.4, 0.5) is 0 Å². The van der Waals surface area contributed by atoms with Crippen molar-refractivity contribution in [3.05, 3.63) is 11.5 Å². The number of nitrogens with one attached hydrogen (secondary N) is 8. The Morgan fingerprint density at radius 3 is 1.27 bits per heavy atom. The fourth-order valence-electron chi connectivity index (χ4n) is 6.33. The predicted octanol–water partition coefficient (Wildman–Crippen LogP) is 0.775. The summed E-state index contributed by atoms with van der Waals surface area (Å²) in [4.78, 5) is 117. The van der Waals surface area contributed by atoms with E-state index in [1.54, 1.807) is 21.1 Å². The number of rotatable bonds is 45. The van der Waals surface area contributed by atoms with Crippen molar-refractivity contribution in [2.45, 2.75) is 116 Å². The molecule has 0 aromatic heterocycles. The first-order chi connectivity index (χ1) is 33.4. The van der Waals surface area contributed by atoms with Crippen molar-refractivity contribution < 1.29 is 88.0 Å². The van der Waals surface area contributed by atoms with E-state index >= 15 is 0 Å². The van der Waals surface area contributed by atoms with Crippen LogP contribution in [-0.2, 0) is 88.0 Å². The van der Waals surface area contributed by atoms with Gasteiger partial charge in [-0.3, -0.25) is 43.3 Å². The molecule has 0 aliphatic rings. The van der Waals surface area contributed by atoms with E-state index in [-0.39, 0.29) is 160 Å². The fourth-order valence-corrected chi connectivity index (χ4v) is 6.33. The van der Waals surface area contributed by atoms with E-state index < -0.39 is 23.1 Å². The van der Waals surface area contributed by atoms with Crippen LogP contribution in [0.2, 0.25) is 0 Å². The van der Waals surface area contributed by atoms with Crippen molar-refractivity contribution in [3.8, 4) is 0 Å². The van der Waals surface area contributed by atoms with Crippen LogP contribution in [0.15, 0.2) is 0 Å². The minimum atomic E-state index is -0.598. The molecule has 25 heteroatoms. The normalized spacial score (nSPS) is 10.7. The largest absolute Gasteiger partial charge is 2.00 e. The molecule has 0 atom stereocenters. The maximum absolute atomic E-state index is 12.5. The molecule has 9 amide bonds. The van der Waals surface area contributed by atoms with E-state index in [0.717, 1.165) is 32.1 Å². The minimum absolute atomic E-state index is 0. The number of ether oxygens (including phenoxy) is 4. The molecule has 10 N–H and O–H groups in total. The number of ketones is 1. The van der Waals surface area contributed by atoms with Gasteiger partial charge in [0.2, 0.25) is 41.4 Å². The number of hydrogen-bond donors (Lipinski definition) is 7. The number of likely N-dealkylation sites (N-methyl/N-ethyl adjacent to an activating group) is 1. The molecule has 0 saturated carbocycles. The molecule has 0 aromatic carbocycles. The van der Waals surface area contributed by atoms with Crippen molar-refractivity contribution in [1.29, 1.82) is 0 Å². The molecule has 0 aliphatic carbocycles. The quantitative estimate of drug-likeness (QED) is 0.0414. The summed E-state index contributed by atoms with van der Waals surface area (Å²) >= 11 is 0. The molecule has 24 nitrogen and oxygen atoms in total. The van der Waals surface area contributed by atoms with Gasteiger partial charge in [-0.1, -0.05) is 25.7 Å². The number of unbranched alkanes of at least 4 members (excludes halogenated alkanes) is 7. The van der Waals surface area contributed by atoms with Gasteiger partial charge in [0.1, 0.15) is 19.0 Å². The van der Waals surface area contributed by atoms with E-state index in [9.17, 15) is 47.9 Å². The Balaban J connectivity index is -0.00000130. The van der Waals surface area contributed by atoms with Gasteiger partial charge in [0.15, 0.2) is 0 Å². The van der Waals surface area contributed by atoms with Crippen LogP contribution in [0.25, 0.3) is 11.5 Å². The third kappa shape index (κ3) is 47.5. The number of nitrogens with two attached hydrogens (primary N) is 1. The summed E-state index contributed by atoms with van der Waals surface area (Å²) in [6, 6.07) is 0. The van der Waals surface area contributed by atoms with Crippen molar-refractivity contribution in [2.75, 3.05) is 114 Å². The van der Waals surface area contributed by atoms with Gasteiger partial charge >= 0.3 is 21.1 Å². The van der Waals surface area contributed by atoms with Crippen molar-refractivity contribution in [3.63, 3.8) is 0 Å². The molecule has 0 aromatic rings. The molecule has 0 rings (SSSR count). The zero-order valence-corrected chi connectivity index (χ0v) is 45.5. The Morgan fingerprint density at radius 2 is 0.845 bits per heavy atom. The van der Waals surface area contributed by atoms with Gasteiger partial charge < -0.3 is 77.6 Å². The van der Waals surface area contributed by atoms with E-state index in [2.05, 4.69) is 31.9 Å². The van der Waals surface area contributed by atoms with E-state index in [4.69, 9.17) is 36.1 Å². The number of carbonyl (C=O) groups is 10. The second-order valence-corrected chi connectivity index (χ2v) is 16.6. The minimum Gasteiger partial charge on any atom is -0.668 e. The zero-order valence-electron chi connectivity index (χ0n) is 42.6. The van der Waals surface area contributed by atoms with Crippen LogP contribution in [0.5, 0.6) is 0 Å². The second-order valence-electron chi connectivity index (χ2n) is 16.6. The van der Waals surface area contributed by atoms with Crippen LogP contribution >= 0.6 is 0 Å². The molecule has 0 heterocycles. The van der Waals surface area contributed by atoms with Crippen molar-refractivity contribution in [2.24, 2.45) is 11.1 Å². The number of hydrogen-bond acceptors (Lipinski definition) is 15. The standard InChI is InChI=1S/C26H48N6O6.C20H38N4O8.W/c1-29-24(36)15-9-5-11-17-31-26(38)20-32(18-21(33)12-6-2-3-7-13-22(27)34)19-25(37)30-16-10-4-8-14-23(28)35;1-22-17(26)4-8-31-14-20(6-10-29-12-16(21)25,7-11-30-13-19(28)24-3)15-32-9-5-18(27)23-2;/h2-20H2,1H3,(H7,27,28,29,30,31,34,35,36,37,38);4-15H2,1-3H3,(H2,21,25)(H,22,26)(H,23,27)(H,24,28);/q;;+2/p-2. The van der Waals surface area contributed by atoms with Crippen LogP contribution in [0, 0.1) is 5.41 Å². The fraction of sp³-hybridized carbons (Fsp3) is 0.783. The summed E-state index contributed by atoms with van der Waals surface area (Å²) in [5.41, 5.74) is 18.3. The average Bonchev–Trinajstić information content (AvgIpc) is 3.32. The molecule has 71 heavy (non-hydrogen) atoms. The van der Waals surface area contributed by atoms with Gasteiger partial charge in [0.25, 0.3) is 0 Å². The molecule has 0 bridgehead atoms. The van der Waals surface area contributed by atoms with Crippen molar-refractivity contribution in [1.82, 2.24) is 36.8 Å². The van der Waals surface area contributed by atoms with Crippen LogP contribution in [-0.4, -0.2) is 178 Å². The summed E-state index contributed by atoms with van der Waals surface area (Å²) in [6.07, 6.45) is 9.56. The van der Waals surface area contributed by atoms with Crippen molar-refractivity contribution >= 4 is 58.9 Å². The third-order valence-electron chi connectivity index (χ3n) is 10.5. The maximum atomic E-state index is 12.5. The van der Waals surface area contributed by atoms with Crippen LogP contribution in [0.3, 0.4) is 0 Å². The average molecular weight is 1190 g/mol. The predicted molar refractivity (Wildman–Crippen MR) is 260 cm³/mol. The van der Waals surface area contributed by atoms with E-state index in [1.807, 2.05) is 0 Å². The second kappa shape index (κ2) is 47.7. The van der Waals surface area contributed by atoms with Gasteiger partial charge in [-0.25, -0.2) is 0 Å². The first-order valence-electron chi connectivity index (χ1n) is 24.1. The van der Waals surface area contributed by atoms with E-state index in [0.29, 0.717) is 70.9 Å². The molecular formula is C46H84N10O14W. The summed E-state index contributed by atoms with van der Waals surface area (Å²) in [5.74, 6) is -2.95. The summed E-state index contributed by atoms with van der Waals surface area (Å²) in [7, 11) is 6.21. The molecular weight excluding hydrogens is 1100 g/mol. The smallest absolute Gasteiger partial charge is 0.668 e. The van der Waals surface area contributed by atoms with Crippen LogP contribution < -0.4 is 37.6 Å². The number of carbonyl (C=O) groups excluding carboxylic acids is 10. The van der Waals surface area contributed by atoms with Gasteiger partial charge in [-0.05, 0) is 64.2 Å². The number of amides is 9. The van der Waals surface area contributed by atoms with Gasteiger partial charge in [-0.15, -0.1) is 0 Å². The number of primary amides is 1. The molecule has 0 aliphatic heterocycles. The Morgan fingerprint density at radius 1 is 0.451 bits per heavy atom. The Kier molecular flexibility index (Phi) is 47.5. The van der Waals surface area contributed by atoms with Gasteiger partial charge in [-0.2, -0.15) is 0 Å². The third-order valence-corrected chi connectivity index (χ3v) is 10.5.